The maximum absolute atomic E-state index is 12.6. The summed E-state index contributed by atoms with van der Waals surface area (Å²) in [4.78, 5) is 23.2. The monoisotopic (exact) mass is 495 g/mol. The molecule has 0 bridgehead atoms. The number of carbonyl (C=O) groups excluding carboxylic acids is 1. The molecule has 1 aromatic heterocycles. The van der Waals surface area contributed by atoms with Crippen LogP contribution in [0.25, 0.3) is 5.69 Å². The lowest BCUT2D eigenvalue weighted by molar-refractivity contribution is -0.384. The van der Waals surface area contributed by atoms with Gasteiger partial charge in [-0.1, -0.05) is 81.1 Å². The van der Waals surface area contributed by atoms with Gasteiger partial charge in [-0.2, -0.15) is 0 Å². The van der Waals surface area contributed by atoms with Gasteiger partial charge < -0.3 is 5.32 Å². The van der Waals surface area contributed by atoms with Gasteiger partial charge in [0.1, 0.15) is 0 Å². The molecule has 0 radical (unpaired) electrons. The molecule has 0 aliphatic carbocycles. The highest BCUT2D eigenvalue weighted by molar-refractivity contribution is 7.98. The summed E-state index contributed by atoms with van der Waals surface area (Å²) in [6.07, 6.45) is 7.24. The number of nitro groups is 1. The third-order valence-electron chi connectivity index (χ3n) is 5.71. The molecule has 0 spiro atoms. The molecule has 3 aromatic rings. The summed E-state index contributed by atoms with van der Waals surface area (Å²) in [6.45, 7) is 4.08. The largest absolute Gasteiger partial charge is 0.346 e. The number of aromatic nitrogens is 3. The van der Waals surface area contributed by atoms with Crippen molar-refractivity contribution in [2.75, 3.05) is 0 Å². The number of benzene rings is 2. The highest BCUT2D eigenvalue weighted by atomic mass is 32.2. The van der Waals surface area contributed by atoms with Crippen LogP contribution < -0.4 is 5.32 Å². The van der Waals surface area contributed by atoms with E-state index in [1.807, 2.05) is 41.8 Å². The lowest BCUT2D eigenvalue weighted by Gasteiger charge is -2.16. The van der Waals surface area contributed by atoms with E-state index in [0.717, 1.165) is 24.8 Å². The maximum Gasteiger partial charge on any atom is 0.269 e. The summed E-state index contributed by atoms with van der Waals surface area (Å²) in [6, 6.07) is 16.0. The van der Waals surface area contributed by atoms with Gasteiger partial charge in [0.15, 0.2) is 11.0 Å². The van der Waals surface area contributed by atoms with Crippen molar-refractivity contribution in [2.45, 2.75) is 75.7 Å². The van der Waals surface area contributed by atoms with Crippen molar-refractivity contribution in [1.82, 2.24) is 20.1 Å². The van der Waals surface area contributed by atoms with Gasteiger partial charge in [0.05, 0.1) is 11.0 Å². The molecular formula is C26H33N5O3S. The van der Waals surface area contributed by atoms with Gasteiger partial charge in [-0.05, 0) is 31.0 Å². The Balaban J connectivity index is 1.73. The fraction of sp³-hybridized carbons (Fsp3) is 0.423. The number of nitrogens with zero attached hydrogens (tertiary/aromatic N) is 4. The second kappa shape index (κ2) is 13.6. The van der Waals surface area contributed by atoms with Crippen LogP contribution in [0.1, 0.15) is 76.2 Å². The van der Waals surface area contributed by atoms with Crippen molar-refractivity contribution < 1.29 is 9.72 Å². The highest BCUT2D eigenvalue weighted by Gasteiger charge is 2.21. The van der Waals surface area contributed by atoms with E-state index in [0.29, 0.717) is 28.8 Å². The Labute approximate surface area is 210 Å². The average Bonchev–Trinajstić information content (AvgIpc) is 3.29. The molecule has 1 amide bonds. The Bertz CT molecular complexity index is 1090. The summed E-state index contributed by atoms with van der Waals surface area (Å²) in [5.41, 5.74) is 1.88. The van der Waals surface area contributed by atoms with E-state index in [9.17, 15) is 14.9 Å². The smallest absolute Gasteiger partial charge is 0.269 e. The molecule has 2 aromatic carbocycles. The van der Waals surface area contributed by atoms with Gasteiger partial charge in [0.25, 0.3) is 5.69 Å². The lowest BCUT2D eigenvalue weighted by Crippen LogP contribution is -2.28. The summed E-state index contributed by atoms with van der Waals surface area (Å²) >= 11 is 1.53. The van der Waals surface area contributed by atoms with Crippen molar-refractivity contribution in [3.8, 4) is 5.69 Å². The van der Waals surface area contributed by atoms with Crippen LogP contribution in [-0.2, 0) is 10.5 Å². The van der Waals surface area contributed by atoms with E-state index < -0.39 is 4.92 Å². The molecule has 35 heavy (non-hydrogen) atoms. The first-order valence-electron chi connectivity index (χ1n) is 12.2. The van der Waals surface area contributed by atoms with E-state index in [1.165, 1.54) is 43.2 Å². The second-order valence-electron chi connectivity index (χ2n) is 8.53. The minimum Gasteiger partial charge on any atom is -0.346 e. The molecule has 0 aliphatic rings. The quantitative estimate of drug-likeness (QED) is 0.120. The minimum absolute atomic E-state index is 0.00951. The number of non-ortho nitro benzene ring substituents is 1. The number of rotatable bonds is 14. The number of carbonyl (C=O) groups is 1. The van der Waals surface area contributed by atoms with E-state index >= 15 is 0 Å². The van der Waals surface area contributed by atoms with E-state index in [1.54, 1.807) is 12.1 Å². The minimum atomic E-state index is -0.424. The molecule has 186 valence electrons. The van der Waals surface area contributed by atoms with E-state index in [2.05, 4.69) is 22.4 Å². The summed E-state index contributed by atoms with van der Waals surface area (Å²) < 4.78 is 1.87. The first-order chi connectivity index (χ1) is 17.0. The Morgan fingerprint density at radius 2 is 1.71 bits per heavy atom. The van der Waals surface area contributed by atoms with Gasteiger partial charge in [0.2, 0.25) is 5.91 Å². The molecular weight excluding hydrogens is 462 g/mol. The molecule has 0 aliphatic heterocycles. The lowest BCUT2D eigenvalue weighted by atomic mass is 10.1. The molecule has 8 nitrogen and oxygen atoms in total. The zero-order chi connectivity index (χ0) is 25.0. The van der Waals surface area contributed by atoms with Crippen LogP contribution in [0.15, 0.2) is 59.8 Å². The van der Waals surface area contributed by atoms with Crippen LogP contribution in [0.4, 0.5) is 5.69 Å². The highest BCUT2D eigenvalue weighted by Crippen LogP contribution is 2.28. The van der Waals surface area contributed by atoms with Crippen LogP contribution in [-0.4, -0.2) is 25.6 Å². The Kier molecular flexibility index (Phi) is 10.3. The van der Waals surface area contributed by atoms with Crippen LogP contribution in [0.5, 0.6) is 0 Å². The molecule has 3 rings (SSSR count). The number of amides is 1. The first-order valence-corrected chi connectivity index (χ1v) is 13.1. The molecule has 1 atom stereocenters. The molecule has 1 heterocycles. The van der Waals surface area contributed by atoms with Gasteiger partial charge >= 0.3 is 0 Å². The predicted molar refractivity (Wildman–Crippen MR) is 139 cm³/mol. The zero-order valence-electron chi connectivity index (χ0n) is 20.4. The van der Waals surface area contributed by atoms with Crippen LogP contribution in [0.2, 0.25) is 0 Å². The number of nitrogens with one attached hydrogen (secondary N) is 1. The zero-order valence-corrected chi connectivity index (χ0v) is 21.2. The van der Waals surface area contributed by atoms with Crippen molar-refractivity contribution in [3.05, 3.63) is 76.1 Å². The molecule has 0 fully saturated rings. The SMILES string of the molecule is CCCCCCCCC(=O)NC(C)c1nnc(SCc2ccccc2)n1-c1ccc([N+](=O)[O-])cc1. The number of unbranched alkanes of at least 4 members (excludes halogenated alkanes) is 5. The van der Waals surface area contributed by atoms with Gasteiger partial charge in [-0.25, -0.2) is 0 Å². The third kappa shape index (κ3) is 7.92. The van der Waals surface area contributed by atoms with E-state index in [-0.39, 0.29) is 17.6 Å². The topological polar surface area (TPSA) is 103 Å². The Morgan fingerprint density at radius 1 is 1.03 bits per heavy atom. The first kappa shape index (κ1) is 26.4. The molecule has 1 unspecified atom stereocenters. The normalized spacial score (nSPS) is 11.8. The fourth-order valence-corrected chi connectivity index (χ4v) is 4.70. The third-order valence-corrected chi connectivity index (χ3v) is 6.71. The van der Waals surface area contributed by atoms with Gasteiger partial charge in [-0.15, -0.1) is 10.2 Å². The van der Waals surface area contributed by atoms with Crippen molar-refractivity contribution in [1.29, 1.82) is 0 Å². The van der Waals surface area contributed by atoms with Gasteiger partial charge in [0, 0.05) is 30.0 Å². The number of nitro benzene ring substituents is 1. The summed E-state index contributed by atoms with van der Waals surface area (Å²) in [7, 11) is 0. The van der Waals surface area contributed by atoms with Crippen molar-refractivity contribution in [2.24, 2.45) is 0 Å². The fourth-order valence-electron chi connectivity index (χ4n) is 3.79. The predicted octanol–water partition coefficient (Wildman–Crippen LogP) is 6.40. The average molecular weight is 496 g/mol. The van der Waals surface area contributed by atoms with Crippen LogP contribution in [0, 0.1) is 10.1 Å². The molecule has 0 saturated heterocycles. The Hall–Kier alpha value is -3.20. The summed E-state index contributed by atoms with van der Waals surface area (Å²) in [5.74, 6) is 1.28. The number of hydrogen-bond donors (Lipinski definition) is 1. The second-order valence-corrected chi connectivity index (χ2v) is 9.47. The van der Waals surface area contributed by atoms with E-state index in [4.69, 9.17) is 0 Å². The van der Waals surface area contributed by atoms with Crippen molar-refractivity contribution >= 4 is 23.4 Å². The molecule has 9 heteroatoms. The number of hydrogen-bond acceptors (Lipinski definition) is 6. The number of thioether (sulfide) groups is 1. The molecule has 0 saturated carbocycles. The van der Waals surface area contributed by atoms with Crippen LogP contribution in [0.3, 0.4) is 0 Å². The van der Waals surface area contributed by atoms with Crippen molar-refractivity contribution in [3.63, 3.8) is 0 Å². The summed E-state index contributed by atoms with van der Waals surface area (Å²) in [5, 5.41) is 23.6. The Morgan fingerprint density at radius 3 is 2.40 bits per heavy atom. The van der Waals surface area contributed by atoms with Gasteiger partial charge in [-0.3, -0.25) is 19.5 Å². The molecule has 1 N–H and O–H groups in total. The van der Waals surface area contributed by atoms with Crippen LogP contribution >= 0.6 is 11.8 Å². The standard InChI is InChI=1S/C26H33N5O3S/c1-3-4-5-6-7-11-14-24(32)27-20(2)25-28-29-26(35-19-21-12-9-8-10-13-21)30(25)22-15-17-23(18-16-22)31(33)34/h8-10,12-13,15-18,20H,3-7,11,14,19H2,1-2H3,(H,27,32). The maximum atomic E-state index is 12.6.